The average Bonchev–Trinajstić information content (AvgIpc) is 2.73. The van der Waals surface area contributed by atoms with Crippen LogP contribution in [0.4, 0.5) is 5.82 Å². The molecule has 0 amide bonds. The van der Waals surface area contributed by atoms with Gasteiger partial charge in [-0.05, 0) is 12.1 Å². The molecule has 2 aromatic rings. The van der Waals surface area contributed by atoms with E-state index >= 15 is 0 Å². The van der Waals surface area contributed by atoms with E-state index in [-0.39, 0.29) is 5.41 Å². The quantitative estimate of drug-likeness (QED) is 0.853. The van der Waals surface area contributed by atoms with Gasteiger partial charge in [0, 0.05) is 18.4 Å². The van der Waals surface area contributed by atoms with Crippen molar-refractivity contribution in [1.29, 1.82) is 0 Å². The first kappa shape index (κ1) is 15.7. The SMILES string of the molecule is CC(C)(C)c1nn(CCCOc2ccccc2)c(N)c1Cl. The molecule has 0 unspecified atom stereocenters. The Morgan fingerprint density at radius 3 is 2.48 bits per heavy atom. The minimum atomic E-state index is -0.114. The van der Waals surface area contributed by atoms with Gasteiger partial charge in [-0.25, -0.2) is 4.68 Å². The van der Waals surface area contributed by atoms with Gasteiger partial charge in [-0.2, -0.15) is 5.10 Å². The monoisotopic (exact) mass is 307 g/mol. The summed E-state index contributed by atoms with van der Waals surface area (Å²) in [5.74, 6) is 1.40. The van der Waals surface area contributed by atoms with Crippen LogP contribution in [0.25, 0.3) is 0 Å². The lowest BCUT2D eigenvalue weighted by Gasteiger charge is -2.15. The number of benzene rings is 1. The number of para-hydroxylation sites is 1. The number of rotatable bonds is 5. The first-order valence-electron chi connectivity index (χ1n) is 7.09. The maximum absolute atomic E-state index is 6.27. The van der Waals surface area contributed by atoms with Gasteiger partial charge in [0.25, 0.3) is 0 Å². The summed E-state index contributed by atoms with van der Waals surface area (Å²) in [7, 11) is 0. The molecule has 2 N–H and O–H groups in total. The molecule has 2 rings (SSSR count). The van der Waals surface area contributed by atoms with Crippen LogP contribution in [0, 0.1) is 0 Å². The predicted molar refractivity (Wildman–Crippen MR) is 86.9 cm³/mol. The van der Waals surface area contributed by atoms with Gasteiger partial charge >= 0.3 is 0 Å². The van der Waals surface area contributed by atoms with Gasteiger partial charge in [-0.1, -0.05) is 50.6 Å². The molecule has 0 fully saturated rings. The van der Waals surface area contributed by atoms with E-state index in [2.05, 4.69) is 25.9 Å². The number of anilines is 1. The lowest BCUT2D eigenvalue weighted by molar-refractivity contribution is 0.298. The zero-order chi connectivity index (χ0) is 15.5. The maximum atomic E-state index is 6.27. The largest absolute Gasteiger partial charge is 0.494 e. The second-order valence-corrected chi connectivity index (χ2v) is 6.41. The fourth-order valence-corrected chi connectivity index (χ4v) is 2.44. The van der Waals surface area contributed by atoms with E-state index in [1.807, 2.05) is 30.3 Å². The molecular weight excluding hydrogens is 286 g/mol. The van der Waals surface area contributed by atoms with Gasteiger partial charge in [0.15, 0.2) is 0 Å². The van der Waals surface area contributed by atoms with E-state index in [0.717, 1.165) is 17.9 Å². The van der Waals surface area contributed by atoms with Gasteiger partial charge in [0.05, 0.1) is 12.3 Å². The summed E-state index contributed by atoms with van der Waals surface area (Å²) >= 11 is 6.27. The van der Waals surface area contributed by atoms with Crippen LogP contribution in [0.2, 0.25) is 5.02 Å². The van der Waals surface area contributed by atoms with Crippen molar-refractivity contribution < 1.29 is 4.74 Å². The van der Waals surface area contributed by atoms with Crippen LogP contribution in [0.3, 0.4) is 0 Å². The zero-order valence-electron chi connectivity index (χ0n) is 12.8. The van der Waals surface area contributed by atoms with Crippen molar-refractivity contribution in [1.82, 2.24) is 9.78 Å². The van der Waals surface area contributed by atoms with Crippen molar-refractivity contribution in [2.45, 2.75) is 39.2 Å². The van der Waals surface area contributed by atoms with Crippen molar-refractivity contribution in [3.05, 3.63) is 41.0 Å². The van der Waals surface area contributed by atoms with E-state index in [1.54, 1.807) is 4.68 Å². The van der Waals surface area contributed by atoms with Gasteiger partial charge < -0.3 is 10.5 Å². The first-order valence-corrected chi connectivity index (χ1v) is 7.47. The number of nitrogens with two attached hydrogens (primary N) is 1. The van der Waals surface area contributed by atoms with Crippen LogP contribution < -0.4 is 10.5 Å². The van der Waals surface area contributed by atoms with Crippen molar-refractivity contribution in [3.63, 3.8) is 0 Å². The standard InChI is InChI=1S/C16H22ClN3O/c1-16(2,3)14-13(17)15(18)20(19-14)10-7-11-21-12-8-5-4-6-9-12/h4-6,8-9H,7,10-11,18H2,1-3H3. The Morgan fingerprint density at radius 1 is 1.24 bits per heavy atom. The molecule has 114 valence electrons. The molecule has 4 nitrogen and oxygen atoms in total. The minimum absolute atomic E-state index is 0.114. The second-order valence-electron chi connectivity index (χ2n) is 6.04. The van der Waals surface area contributed by atoms with E-state index in [4.69, 9.17) is 22.1 Å². The number of nitrogens with zero attached hydrogens (tertiary/aromatic N) is 2. The Balaban J connectivity index is 1.92. The molecule has 1 aromatic heterocycles. The fourth-order valence-electron chi connectivity index (χ4n) is 2.02. The van der Waals surface area contributed by atoms with Crippen molar-refractivity contribution in [2.24, 2.45) is 0 Å². The number of ether oxygens (including phenoxy) is 1. The number of hydrogen-bond donors (Lipinski definition) is 1. The van der Waals surface area contributed by atoms with Crippen LogP contribution in [0.15, 0.2) is 30.3 Å². The van der Waals surface area contributed by atoms with E-state index in [0.29, 0.717) is 24.0 Å². The number of halogens is 1. The molecule has 0 aliphatic rings. The van der Waals surface area contributed by atoms with Crippen molar-refractivity contribution >= 4 is 17.4 Å². The Hall–Kier alpha value is -1.68. The van der Waals surface area contributed by atoms with Crippen LogP contribution in [-0.2, 0) is 12.0 Å². The van der Waals surface area contributed by atoms with Gasteiger partial charge in [-0.3, -0.25) is 0 Å². The number of nitrogen functional groups attached to an aromatic ring is 1. The molecule has 0 spiro atoms. The first-order chi connectivity index (χ1) is 9.89. The third-order valence-electron chi connectivity index (χ3n) is 3.17. The Labute approximate surface area is 130 Å². The lowest BCUT2D eigenvalue weighted by Crippen LogP contribution is -2.14. The summed E-state index contributed by atoms with van der Waals surface area (Å²) in [5.41, 5.74) is 6.75. The highest BCUT2D eigenvalue weighted by Gasteiger charge is 2.24. The normalized spacial score (nSPS) is 11.6. The second kappa shape index (κ2) is 6.39. The molecule has 0 aliphatic heterocycles. The highest BCUT2D eigenvalue weighted by molar-refractivity contribution is 6.33. The van der Waals surface area contributed by atoms with Crippen LogP contribution >= 0.6 is 11.6 Å². The molecule has 0 saturated carbocycles. The minimum Gasteiger partial charge on any atom is -0.494 e. The Bertz CT molecular complexity index is 588. The topological polar surface area (TPSA) is 53.1 Å². The predicted octanol–water partition coefficient (Wildman–Crippen LogP) is 3.89. The van der Waals surface area contributed by atoms with Crippen LogP contribution in [0.5, 0.6) is 5.75 Å². The Kier molecular flexibility index (Phi) is 4.78. The zero-order valence-corrected chi connectivity index (χ0v) is 13.5. The molecular formula is C16H22ClN3O. The van der Waals surface area contributed by atoms with Gasteiger partial charge in [-0.15, -0.1) is 0 Å². The summed E-state index contributed by atoms with van der Waals surface area (Å²) in [4.78, 5) is 0. The molecule has 0 bridgehead atoms. The maximum Gasteiger partial charge on any atom is 0.140 e. The van der Waals surface area contributed by atoms with E-state index in [1.165, 1.54) is 0 Å². The number of hydrogen-bond acceptors (Lipinski definition) is 3. The molecule has 0 atom stereocenters. The molecule has 21 heavy (non-hydrogen) atoms. The third-order valence-corrected chi connectivity index (χ3v) is 3.54. The lowest BCUT2D eigenvalue weighted by atomic mass is 9.92. The Morgan fingerprint density at radius 2 is 1.90 bits per heavy atom. The van der Waals surface area contributed by atoms with E-state index in [9.17, 15) is 0 Å². The van der Waals surface area contributed by atoms with E-state index < -0.39 is 0 Å². The molecule has 5 heteroatoms. The molecule has 0 radical (unpaired) electrons. The third kappa shape index (κ3) is 3.91. The van der Waals surface area contributed by atoms with Crippen LogP contribution in [-0.4, -0.2) is 16.4 Å². The average molecular weight is 308 g/mol. The summed E-state index contributed by atoms with van der Waals surface area (Å²) in [6.45, 7) is 7.52. The highest BCUT2D eigenvalue weighted by Crippen LogP contribution is 2.32. The summed E-state index contributed by atoms with van der Waals surface area (Å²) in [5, 5.41) is 5.09. The highest BCUT2D eigenvalue weighted by atomic mass is 35.5. The fraction of sp³-hybridized carbons (Fsp3) is 0.438. The molecule has 1 aromatic carbocycles. The molecule has 1 heterocycles. The summed E-state index contributed by atoms with van der Waals surface area (Å²) in [6.07, 6.45) is 0.820. The number of aromatic nitrogens is 2. The smallest absolute Gasteiger partial charge is 0.140 e. The summed E-state index contributed by atoms with van der Waals surface area (Å²) in [6, 6.07) is 9.76. The van der Waals surface area contributed by atoms with Crippen molar-refractivity contribution in [3.8, 4) is 5.75 Å². The molecule has 0 aliphatic carbocycles. The number of aryl methyl sites for hydroxylation is 1. The molecule has 0 saturated heterocycles. The van der Waals surface area contributed by atoms with Gasteiger partial charge in [0.2, 0.25) is 0 Å². The van der Waals surface area contributed by atoms with Crippen LogP contribution in [0.1, 0.15) is 32.9 Å². The van der Waals surface area contributed by atoms with Gasteiger partial charge in [0.1, 0.15) is 16.6 Å². The summed E-state index contributed by atoms with van der Waals surface area (Å²) < 4.78 is 7.42. The van der Waals surface area contributed by atoms with Crippen molar-refractivity contribution in [2.75, 3.05) is 12.3 Å².